The molecule has 3 aromatic rings. The van der Waals surface area contributed by atoms with Gasteiger partial charge in [-0.15, -0.1) is 10.2 Å². The molecule has 4 rings (SSSR count). The summed E-state index contributed by atoms with van der Waals surface area (Å²) >= 11 is 0. The molecule has 1 aliphatic heterocycles. The maximum Gasteiger partial charge on any atom is 0.262 e. The number of aryl methyl sites for hydroxylation is 2. The molecule has 1 aromatic heterocycles. The number of aromatic nitrogens is 3. The van der Waals surface area contributed by atoms with E-state index in [1.807, 2.05) is 55.5 Å². The molecule has 144 valence electrons. The van der Waals surface area contributed by atoms with Crippen molar-refractivity contribution in [3.63, 3.8) is 0 Å². The van der Waals surface area contributed by atoms with Crippen molar-refractivity contribution in [2.75, 3.05) is 11.9 Å². The van der Waals surface area contributed by atoms with Crippen molar-refractivity contribution < 1.29 is 9.53 Å². The second kappa shape index (κ2) is 8.25. The van der Waals surface area contributed by atoms with E-state index in [0.29, 0.717) is 0 Å². The van der Waals surface area contributed by atoms with Crippen molar-refractivity contribution in [3.05, 3.63) is 59.9 Å². The Hall–Kier alpha value is -3.15. The van der Waals surface area contributed by atoms with Gasteiger partial charge in [0.25, 0.3) is 5.91 Å². The highest BCUT2D eigenvalue weighted by atomic mass is 16.5. The van der Waals surface area contributed by atoms with Gasteiger partial charge in [0.15, 0.2) is 12.4 Å². The highest BCUT2D eigenvalue weighted by Crippen LogP contribution is 2.25. The highest BCUT2D eigenvalue weighted by Gasteiger charge is 2.16. The standard InChI is InChI=1S/C22H24N4O2/c1-16-8-4-5-11-19(16)28-15-21(27)23-18-10-7-9-17(14-18)22-25-24-20-12-3-2-6-13-26(20)22/h4-5,7-11,14H,2-3,6,12-13,15H2,1H3,(H,23,27). The number of carbonyl (C=O) groups excluding carboxylic acids is 1. The summed E-state index contributed by atoms with van der Waals surface area (Å²) in [5.41, 5.74) is 2.69. The summed E-state index contributed by atoms with van der Waals surface area (Å²) < 4.78 is 7.83. The van der Waals surface area contributed by atoms with Crippen LogP contribution in [0.4, 0.5) is 5.69 Å². The number of para-hydroxylation sites is 1. The summed E-state index contributed by atoms with van der Waals surface area (Å²) in [6.07, 6.45) is 4.50. The molecule has 6 nitrogen and oxygen atoms in total. The van der Waals surface area contributed by atoms with Crippen LogP contribution in [0, 0.1) is 6.92 Å². The van der Waals surface area contributed by atoms with Crippen LogP contribution in [0.15, 0.2) is 48.5 Å². The van der Waals surface area contributed by atoms with Crippen LogP contribution < -0.4 is 10.1 Å². The molecule has 1 aliphatic rings. The summed E-state index contributed by atoms with van der Waals surface area (Å²) in [6.45, 7) is 2.87. The third-order valence-electron chi connectivity index (χ3n) is 4.97. The maximum atomic E-state index is 12.3. The Kier molecular flexibility index (Phi) is 5.37. The van der Waals surface area contributed by atoms with Crippen LogP contribution in [0.3, 0.4) is 0 Å². The molecule has 28 heavy (non-hydrogen) atoms. The summed E-state index contributed by atoms with van der Waals surface area (Å²) in [7, 11) is 0. The second-order valence-electron chi connectivity index (χ2n) is 7.09. The first-order valence-corrected chi connectivity index (χ1v) is 9.71. The molecule has 2 heterocycles. The van der Waals surface area contributed by atoms with Crippen LogP contribution >= 0.6 is 0 Å². The lowest BCUT2D eigenvalue weighted by Crippen LogP contribution is -2.20. The molecule has 1 N–H and O–H groups in total. The van der Waals surface area contributed by atoms with Gasteiger partial charge in [0.2, 0.25) is 0 Å². The molecule has 0 saturated carbocycles. The first-order valence-electron chi connectivity index (χ1n) is 9.71. The van der Waals surface area contributed by atoms with E-state index in [9.17, 15) is 4.79 Å². The van der Waals surface area contributed by atoms with Gasteiger partial charge >= 0.3 is 0 Å². The Labute approximate surface area is 164 Å². The molecular weight excluding hydrogens is 352 g/mol. The van der Waals surface area contributed by atoms with E-state index >= 15 is 0 Å². The largest absolute Gasteiger partial charge is 0.483 e. The summed E-state index contributed by atoms with van der Waals surface area (Å²) in [5.74, 6) is 2.44. The van der Waals surface area contributed by atoms with Crippen LogP contribution in [0.1, 0.15) is 30.7 Å². The molecule has 0 bridgehead atoms. The zero-order valence-corrected chi connectivity index (χ0v) is 16.0. The Balaban J connectivity index is 1.45. The predicted molar refractivity (Wildman–Crippen MR) is 108 cm³/mol. The fourth-order valence-electron chi connectivity index (χ4n) is 3.49. The predicted octanol–water partition coefficient (Wildman–Crippen LogP) is 4.00. The van der Waals surface area contributed by atoms with Crippen LogP contribution in [-0.4, -0.2) is 27.3 Å². The number of benzene rings is 2. The Bertz CT molecular complexity index is 980. The van der Waals surface area contributed by atoms with Crippen molar-refractivity contribution in [2.45, 2.75) is 39.2 Å². The average Bonchev–Trinajstić information content (AvgIpc) is 2.96. The summed E-state index contributed by atoms with van der Waals surface area (Å²) in [5, 5.41) is 11.7. The van der Waals surface area contributed by atoms with Gasteiger partial charge in [-0.3, -0.25) is 4.79 Å². The number of anilines is 1. The lowest BCUT2D eigenvalue weighted by Gasteiger charge is -2.11. The van der Waals surface area contributed by atoms with Gasteiger partial charge in [0.1, 0.15) is 11.6 Å². The van der Waals surface area contributed by atoms with E-state index in [4.69, 9.17) is 4.74 Å². The van der Waals surface area contributed by atoms with Crippen LogP contribution in [0.2, 0.25) is 0 Å². The molecule has 0 fully saturated rings. The molecule has 0 radical (unpaired) electrons. The van der Waals surface area contributed by atoms with Gasteiger partial charge in [0.05, 0.1) is 0 Å². The molecule has 0 spiro atoms. The van der Waals surface area contributed by atoms with E-state index in [-0.39, 0.29) is 12.5 Å². The van der Waals surface area contributed by atoms with Gasteiger partial charge in [0, 0.05) is 24.2 Å². The average molecular weight is 376 g/mol. The summed E-state index contributed by atoms with van der Waals surface area (Å²) in [4.78, 5) is 12.3. The van der Waals surface area contributed by atoms with E-state index in [1.54, 1.807) is 0 Å². The minimum Gasteiger partial charge on any atom is -0.483 e. The van der Waals surface area contributed by atoms with Gasteiger partial charge < -0.3 is 14.6 Å². The fourth-order valence-corrected chi connectivity index (χ4v) is 3.49. The van der Waals surface area contributed by atoms with Gasteiger partial charge in [-0.25, -0.2) is 0 Å². The monoisotopic (exact) mass is 376 g/mol. The van der Waals surface area contributed by atoms with Gasteiger partial charge in [-0.2, -0.15) is 0 Å². The van der Waals surface area contributed by atoms with Crippen molar-refractivity contribution in [1.29, 1.82) is 0 Å². The minimum atomic E-state index is -0.194. The number of ether oxygens (including phenoxy) is 1. The minimum absolute atomic E-state index is 0.0323. The highest BCUT2D eigenvalue weighted by molar-refractivity contribution is 5.92. The zero-order chi connectivity index (χ0) is 19.3. The van der Waals surface area contributed by atoms with E-state index in [1.165, 1.54) is 6.42 Å². The van der Waals surface area contributed by atoms with E-state index < -0.39 is 0 Å². The smallest absolute Gasteiger partial charge is 0.262 e. The Morgan fingerprint density at radius 1 is 1.11 bits per heavy atom. The normalized spacial score (nSPS) is 13.5. The van der Waals surface area contributed by atoms with Crippen molar-refractivity contribution >= 4 is 11.6 Å². The molecular formula is C22H24N4O2. The number of amides is 1. The maximum absolute atomic E-state index is 12.3. The van der Waals surface area contributed by atoms with Crippen LogP contribution in [-0.2, 0) is 17.8 Å². The number of nitrogens with zero attached hydrogens (tertiary/aromatic N) is 3. The third kappa shape index (κ3) is 4.06. The Morgan fingerprint density at radius 2 is 2.00 bits per heavy atom. The van der Waals surface area contributed by atoms with Gasteiger partial charge in [-0.05, 0) is 43.5 Å². The van der Waals surface area contributed by atoms with Crippen LogP contribution in [0.25, 0.3) is 11.4 Å². The third-order valence-corrected chi connectivity index (χ3v) is 4.97. The first-order chi connectivity index (χ1) is 13.7. The number of hydrogen-bond donors (Lipinski definition) is 1. The SMILES string of the molecule is Cc1ccccc1OCC(=O)Nc1cccc(-c2nnc3n2CCCCC3)c1. The molecule has 0 aliphatic carbocycles. The lowest BCUT2D eigenvalue weighted by molar-refractivity contribution is -0.118. The number of fused-ring (bicyclic) bond motifs is 1. The number of hydrogen-bond acceptors (Lipinski definition) is 4. The Morgan fingerprint density at radius 3 is 2.89 bits per heavy atom. The van der Waals surface area contributed by atoms with Crippen LogP contribution in [0.5, 0.6) is 5.75 Å². The van der Waals surface area contributed by atoms with Crippen molar-refractivity contribution in [1.82, 2.24) is 14.8 Å². The number of nitrogens with one attached hydrogen (secondary N) is 1. The molecule has 0 atom stereocenters. The van der Waals surface area contributed by atoms with E-state index in [2.05, 4.69) is 20.1 Å². The quantitative estimate of drug-likeness (QED) is 0.731. The molecule has 2 aromatic carbocycles. The second-order valence-corrected chi connectivity index (χ2v) is 7.09. The molecule has 0 unspecified atom stereocenters. The number of rotatable bonds is 5. The van der Waals surface area contributed by atoms with Gasteiger partial charge in [-0.1, -0.05) is 36.8 Å². The fraction of sp³-hybridized carbons (Fsp3) is 0.318. The first kappa shape index (κ1) is 18.2. The molecule has 0 saturated heterocycles. The van der Waals surface area contributed by atoms with Crippen molar-refractivity contribution in [3.8, 4) is 17.1 Å². The molecule has 1 amide bonds. The van der Waals surface area contributed by atoms with E-state index in [0.717, 1.165) is 60.0 Å². The lowest BCUT2D eigenvalue weighted by atomic mass is 10.2. The number of carbonyl (C=O) groups is 1. The summed E-state index contributed by atoms with van der Waals surface area (Å²) in [6, 6.07) is 15.4. The topological polar surface area (TPSA) is 69.0 Å². The molecule has 6 heteroatoms. The zero-order valence-electron chi connectivity index (χ0n) is 16.0. The van der Waals surface area contributed by atoms with Crippen molar-refractivity contribution in [2.24, 2.45) is 0 Å².